The molecule has 19 heavy (non-hydrogen) atoms. The third-order valence-corrected chi connectivity index (χ3v) is 3.16. The lowest BCUT2D eigenvalue weighted by molar-refractivity contribution is 1.14. The quantitative estimate of drug-likeness (QED) is 0.650. The van der Waals surface area contributed by atoms with Crippen LogP contribution in [0.4, 0.5) is 5.69 Å². The van der Waals surface area contributed by atoms with Crippen LogP contribution in [0.25, 0.3) is 0 Å². The molecular weight excluding hydrogens is 230 g/mol. The average Bonchev–Trinajstić information content (AvgIpc) is 2.36. The molecule has 0 aliphatic heterocycles. The van der Waals surface area contributed by atoms with Gasteiger partial charge in [0.1, 0.15) is 0 Å². The first-order chi connectivity index (χ1) is 8.95. The second-order valence-electron chi connectivity index (χ2n) is 5.06. The van der Waals surface area contributed by atoms with Crippen LogP contribution in [0.5, 0.6) is 0 Å². The summed E-state index contributed by atoms with van der Waals surface area (Å²) in [5, 5.41) is 0. The minimum atomic E-state index is 1.05. The molecule has 1 aromatic rings. The van der Waals surface area contributed by atoms with Crippen molar-refractivity contribution in [2.45, 2.75) is 34.1 Å². The molecule has 0 aromatic heterocycles. The summed E-state index contributed by atoms with van der Waals surface area (Å²) in [6.07, 6.45) is 5.45. The Bertz CT molecular complexity index is 489. The fourth-order valence-electron chi connectivity index (χ4n) is 2.01. The van der Waals surface area contributed by atoms with Crippen LogP contribution in [-0.2, 0) is 0 Å². The van der Waals surface area contributed by atoms with E-state index in [4.69, 9.17) is 0 Å². The third kappa shape index (κ3) is 4.44. The van der Waals surface area contributed by atoms with Crippen molar-refractivity contribution in [3.8, 4) is 0 Å². The van der Waals surface area contributed by atoms with Gasteiger partial charge in [0.2, 0.25) is 0 Å². The Balaban J connectivity index is 3.05. The average molecular weight is 255 g/mol. The predicted molar refractivity (Wildman–Crippen MR) is 86.5 cm³/mol. The molecule has 0 aliphatic rings. The molecule has 0 atom stereocenters. The molecule has 0 heterocycles. The summed E-state index contributed by atoms with van der Waals surface area (Å²) >= 11 is 0. The Labute approximate surface area is 118 Å². The molecule has 0 unspecified atom stereocenters. The molecule has 1 rings (SSSR count). The molecule has 0 N–H and O–H groups in total. The van der Waals surface area contributed by atoms with Crippen LogP contribution < -0.4 is 4.90 Å². The highest BCUT2D eigenvalue weighted by molar-refractivity contribution is 5.54. The molecule has 0 saturated carbocycles. The predicted octanol–water partition coefficient (Wildman–Crippen LogP) is 5.25. The number of hydrogen-bond acceptors (Lipinski definition) is 1. The molecule has 102 valence electrons. The first kappa shape index (κ1) is 15.3. The van der Waals surface area contributed by atoms with Gasteiger partial charge in [0.25, 0.3) is 0 Å². The topological polar surface area (TPSA) is 3.24 Å². The highest BCUT2D eigenvalue weighted by Gasteiger charge is 2.04. The van der Waals surface area contributed by atoms with Crippen molar-refractivity contribution < 1.29 is 0 Å². The Hall–Kier alpha value is -1.76. The van der Waals surface area contributed by atoms with Crippen molar-refractivity contribution in [2.75, 3.05) is 11.9 Å². The Morgan fingerprint density at radius 2 is 1.79 bits per heavy atom. The van der Waals surface area contributed by atoms with Crippen LogP contribution in [-0.4, -0.2) is 7.05 Å². The van der Waals surface area contributed by atoms with Crippen molar-refractivity contribution in [1.29, 1.82) is 0 Å². The first-order valence-electron chi connectivity index (χ1n) is 6.80. The highest BCUT2D eigenvalue weighted by Crippen LogP contribution is 2.21. The van der Waals surface area contributed by atoms with E-state index in [0.717, 1.165) is 12.0 Å². The van der Waals surface area contributed by atoms with Crippen LogP contribution in [0.2, 0.25) is 0 Å². The number of aryl methyl sites for hydroxylation is 1. The first-order valence-corrected chi connectivity index (χ1v) is 6.80. The zero-order chi connectivity index (χ0) is 14.4. The Kier molecular flexibility index (Phi) is 5.62. The van der Waals surface area contributed by atoms with E-state index in [1.54, 1.807) is 0 Å². The van der Waals surface area contributed by atoms with E-state index in [-0.39, 0.29) is 0 Å². The van der Waals surface area contributed by atoms with E-state index in [1.165, 1.54) is 22.4 Å². The molecule has 0 aliphatic carbocycles. The molecule has 0 fully saturated rings. The summed E-state index contributed by atoms with van der Waals surface area (Å²) in [6, 6.07) is 8.55. The molecule has 1 aromatic carbocycles. The van der Waals surface area contributed by atoms with Crippen molar-refractivity contribution in [2.24, 2.45) is 0 Å². The smallest absolute Gasteiger partial charge is 0.0403 e. The van der Waals surface area contributed by atoms with E-state index in [1.807, 2.05) is 0 Å². The van der Waals surface area contributed by atoms with Gasteiger partial charge in [-0.2, -0.15) is 0 Å². The summed E-state index contributed by atoms with van der Waals surface area (Å²) in [5.74, 6) is 0. The lowest BCUT2D eigenvalue weighted by Gasteiger charge is -2.18. The summed E-state index contributed by atoms with van der Waals surface area (Å²) in [6.45, 7) is 12.5. The van der Waals surface area contributed by atoms with Gasteiger partial charge in [-0.1, -0.05) is 37.3 Å². The van der Waals surface area contributed by atoms with Crippen molar-refractivity contribution >= 4 is 5.69 Å². The van der Waals surface area contributed by atoms with Crippen molar-refractivity contribution in [3.05, 3.63) is 65.4 Å². The van der Waals surface area contributed by atoms with E-state index < -0.39 is 0 Å². The van der Waals surface area contributed by atoms with E-state index >= 15 is 0 Å². The van der Waals surface area contributed by atoms with Crippen LogP contribution in [0, 0.1) is 6.92 Å². The van der Waals surface area contributed by atoms with Gasteiger partial charge in [0.15, 0.2) is 0 Å². The number of hydrogen-bond donors (Lipinski definition) is 0. The summed E-state index contributed by atoms with van der Waals surface area (Å²) in [4.78, 5) is 2.15. The summed E-state index contributed by atoms with van der Waals surface area (Å²) in [7, 11) is 2.08. The lowest BCUT2D eigenvalue weighted by Crippen LogP contribution is -2.10. The molecule has 1 nitrogen and oxygen atoms in total. The van der Waals surface area contributed by atoms with Crippen LogP contribution >= 0.6 is 0 Å². The molecule has 0 radical (unpaired) electrons. The lowest BCUT2D eigenvalue weighted by atomic mass is 10.0. The van der Waals surface area contributed by atoms with Gasteiger partial charge in [-0.3, -0.25) is 0 Å². The minimum Gasteiger partial charge on any atom is -0.350 e. The van der Waals surface area contributed by atoms with Gasteiger partial charge in [-0.05, 0) is 56.0 Å². The molecular formula is C18H25N. The zero-order valence-electron chi connectivity index (χ0n) is 12.8. The standard InChI is InChI=1S/C18H25N/c1-7-8-16(5)18(14(2)3)13-19(6)17-11-9-15(4)10-12-17/h8-13H,2,7H2,1,3-6H3/b16-8-,18-13-. The van der Waals surface area contributed by atoms with Gasteiger partial charge >= 0.3 is 0 Å². The second kappa shape index (κ2) is 6.98. The molecule has 0 amide bonds. The maximum Gasteiger partial charge on any atom is 0.0403 e. The van der Waals surface area contributed by atoms with E-state index in [2.05, 4.69) is 82.8 Å². The fourth-order valence-corrected chi connectivity index (χ4v) is 2.01. The van der Waals surface area contributed by atoms with Gasteiger partial charge in [0, 0.05) is 18.9 Å². The Morgan fingerprint density at radius 1 is 1.21 bits per heavy atom. The molecule has 0 saturated heterocycles. The minimum absolute atomic E-state index is 1.05. The van der Waals surface area contributed by atoms with E-state index in [9.17, 15) is 0 Å². The summed E-state index contributed by atoms with van der Waals surface area (Å²) in [5.41, 5.74) is 6.07. The second-order valence-corrected chi connectivity index (χ2v) is 5.06. The summed E-state index contributed by atoms with van der Waals surface area (Å²) < 4.78 is 0. The van der Waals surface area contributed by atoms with Crippen molar-refractivity contribution in [1.82, 2.24) is 0 Å². The molecule has 1 heteroatoms. The largest absolute Gasteiger partial charge is 0.350 e. The Morgan fingerprint density at radius 3 is 2.26 bits per heavy atom. The maximum absolute atomic E-state index is 4.08. The van der Waals surface area contributed by atoms with Gasteiger partial charge < -0.3 is 4.90 Å². The normalized spacial score (nSPS) is 12.5. The van der Waals surface area contributed by atoms with E-state index in [0.29, 0.717) is 0 Å². The maximum atomic E-state index is 4.08. The van der Waals surface area contributed by atoms with Crippen LogP contribution in [0.1, 0.15) is 32.8 Å². The van der Waals surface area contributed by atoms with Gasteiger partial charge in [0.05, 0.1) is 0 Å². The van der Waals surface area contributed by atoms with Crippen molar-refractivity contribution in [3.63, 3.8) is 0 Å². The highest BCUT2D eigenvalue weighted by atomic mass is 15.1. The van der Waals surface area contributed by atoms with Crippen LogP contribution in [0.3, 0.4) is 0 Å². The number of benzene rings is 1. The molecule has 0 spiro atoms. The molecule has 0 bridgehead atoms. The zero-order valence-corrected chi connectivity index (χ0v) is 12.8. The number of nitrogens with zero attached hydrogens (tertiary/aromatic N) is 1. The number of allylic oxidation sites excluding steroid dienone is 4. The van der Waals surface area contributed by atoms with Gasteiger partial charge in [-0.25, -0.2) is 0 Å². The van der Waals surface area contributed by atoms with Gasteiger partial charge in [-0.15, -0.1) is 0 Å². The third-order valence-electron chi connectivity index (χ3n) is 3.16. The number of anilines is 1. The SMILES string of the molecule is C=C(C)C(=C/N(C)c1ccc(C)cc1)/C(C)=C\CC. The van der Waals surface area contributed by atoms with Crippen LogP contribution in [0.15, 0.2) is 59.8 Å². The fraction of sp³-hybridized carbons (Fsp3) is 0.333. The monoisotopic (exact) mass is 255 g/mol. The number of rotatable bonds is 5.